The van der Waals surface area contributed by atoms with Gasteiger partial charge in [0.05, 0.1) is 0 Å². The highest BCUT2D eigenvalue weighted by Gasteiger charge is 2.33. The van der Waals surface area contributed by atoms with Crippen LogP contribution in [0.15, 0.2) is 41.4 Å². The molecule has 33 heavy (non-hydrogen) atoms. The maximum atomic E-state index is 12.8. The molecule has 1 atom stereocenters. The summed E-state index contributed by atoms with van der Waals surface area (Å²) in [5.41, 5.74) is 5.45. The fourth-order valence-electron chi connectivity index (χ4n) is 3.44. The number of hydrogen-bond donors (Lipinski definition) is 3. The van der Waals surface area contributed by atoms with Crippen molar-refractivity contribution in [1.29, 1.82) is 0 Å². The van der Waals surface area contributed by atoms with Gasteiger partial charge in [0.1, 0.15) is 17.9 Å². The number of aromatic nitrogens is 1. The number of aliphatic imine (C=N–C) groups is 1. The minimum Gasteiger partial charge on any atom is -0.398 e. The number of hydrogen-bond acceptors (Lipinski definition) is 6. The van der Waals surface area contributed by atoms with Crippen LogP contribution in [0.5, 0.6) is 0 Å². The molecule has 1 aromatic heterocycles. The molecule has 2 aromatic rings. The summed E-state index contributed by atoms with van der Waals surface area (Å²) < 4.78 is 38.5. The van der Waals surface area contributed by atoms with Crippen molar-refractivity contribution in [3.05, 3.63) is 53.3 Å². The SMILES string of the molecule is Nc1ccc(NC(=O)c2cccc(C(F)(F)F)n2)cc1C=NCC(=O)N1CCC[C@H](CO)C1. The van der Waals surface area contributed by atoms with E-state index in [2.05, 4.69) is 15.3 Å². The minimum absolute atomic E-state index is 0.0398. The second kappa shape index (κ2) is 10.4. The molecule has 0 radical (unpaired) electrons. The zero-order valence-electron chi connectivity index (χ0n) is 17.7. The van der Waals surface area contributed by atoms with Gasteiger partial charge in [-0.15, -0.1) is 0 Å². The second-order valence-corrected chi connectivity index (χ2v) is 7.70. The Morgan fingerprint density at radius 3 is 2.82 bits per heavy atom. The number of nitrogens with two attached hydrogens (primary N) is 1. The van der Waals surface area contributed by atoms with Crippen LogP contribution >= 0.6 is 0 Å². The van der Waals surface area contributed by atoms with Crippen LogP contribution in [0, 0.1) is 5.92 Å². The standard InChI is InChI=1S/C22H24F3N5O3/c23-22(24,25)19-5-1-4-18(29-19)21(33)28-16-6-7-17(26)15(9-16)10-27-11-20(32)30-8-2-3-14(12-30)13-31/h1,4-7,9-10,14,31H,2-3,8,11-13,26H2,(H,28,33)/t14-/m0/s1. The second-order valence-electron chi connectivity index (χ2n) is 7.70. The lowest BCUT2D eigenvalue weighted by atomic mass is 9.99. The minimum atomic E-state index is -4.66. The van der Waals surface area contributed by atoms with Crippen molar-refractivity contribution < 1.29 is 27.9 Å². The van der Waals surface area contributed by atoms with Gasteiger partial charge in [0.2, 0.25) is 5.91 Å². The fourth-order valence-corrected chi connectivity index (χ4v) is 3.44. The number of alkyl halides is 3. The van der Waals surface area contributed by atoms with Gasteiger partial charge in [-0.3, -0.25) is 14.6 Å². The van der Waals surface area contributed by atoms with E-state index in [0.29, 0.717) is 24.3 Å². The van der Waals surface area contributed by atoms with Gasteiger partial charge in [-0.2, -0.15) is 13.2 Å². The number of nitrogens with zero attached hydrogens (tertiary/aromatic N) is 3. The average Bonchev–Trinajstić information content (AvgIpc) is 2.80. The van der Waals surface area contributed by atoms with Crippen molar-refractivity contribution >= 4 is 29.4 Å². The highest BCUT2D eigenvalue weighted by atomic mass is 19.4. The molecule has 176 valence electrons. The van der Waals surface area contributed by atoms with Crippen LogP contribution in [0.25, 0.3) is 0 Å². The van der Waals surface area contributed by atoms with E-state index in [4.69, 9.17) is 5.73 Å². The van der Waals surface area contributed by atoms with E-state index >= 15 is 0 Å². The summed E-state index contributed by atoms with van der Waals surface area (Å²) >= 11 is 0. The number of likely N-dealkylation sites (tertiary alicyclic amines) is 1. The van der Waals surface area contributed by atoms with Crippen LogP contribution in [0.1, 0.15) is 34.6 Å². The van der Waals surface area contributed by atoms with Gasteiger partial charge in [-0.25, -0.2) is 4.98 Å². The zero-order chi connectivity index (χ0) is 24.0. The summed E-state index contributed by atoms with van der Waals surface area (Å²) in [6.07, 6.45) is -1.55. The Bertz CT molecular complexity index is 1040. The van der Waals surface area contributed by atoms with Crippen LogP contribution < -0.4 is 11.1 Å². The summed E-state index contributed by atoms with van der Waals surface area (Å²) in [6.45, 7) is 1.07. The first-order valence-electron chi connectivity index (χ1n) is 10.3. The van der Waals surface area contributed by atoms with Crippen molar-refractivity contribution in [2.45, 2.75) is 19.0 Å². The van der Waals surface area contributed by atoms with Gasteiger partial charge in [0, 0.05) is 42.8 Å². The van der Waals surface area contributed by atoms with E-state index in [9.17, 15) is 27.9 Å². The number of amides is 2. The number of anilines is 2. The fraction of sp³-hybridized carbons (Fsp3) is 0.364. The van der Waals surface area contributed by atoms with Crippen molar-refractivity contribution in [3.8, 4) is 0 Å². The first kappa shape index (κ1) is 24.2. The van der Waals surface area contributed by atoms with E-state index in [-0.39, 0.29) is 36.4 Å². The molecule has 0 saturated carbocycles. The number of piperidine rings is 1. The number of carbonyl (C=O) groups is 2. The third-order valence-electron chi connectivity index (χ3n) is 5.20. The third kappa shape index (κ3) is 6.51. The number of carbonyl (C=O) groups excluding carboxylic acids is 2. The molecule has 0 bridgehead atoms. The lowest BCUT2D eigenvalue weighted by Crippen LogP contribution is -2.42. The van der Waals surface area contributed by atoms with Crippen LogP contribution in [0.3, 0.4) is 0 Å². The van der Waals surface area contributed by atoms with Crippen LogP contribution in [0.4, 0.5) is 24.5 Å². The Kier molecular flexibility index (Phi) is 7.64. The molecular weight excluding hydrogens is 439 g/mol. The summed E-state index contributed by atoms with van der Waals surface area (Å²) in [7, 11) is 0. The number of nitrogen functional groups attached to an aromatic ring is 1. The maximum Gasteiger partial charge on any atom is 0.433 e. The Hall–Kier alpha value is -3.47. The molecule has 4 N–H and O–H groups in total. The van der Waals surface area contributed by atoms with Crippen molar-refractivity contribution in [1.82, 2.24) is 9.88 Å². The Labute approximate surface area is 188 Å². The number of halogens is 3. The first-order chi connectivity index (χ1) is 15.7. The van der Waals surface area contributed by atoms with E-state index in [0.717, 1.165) is 25.0 Å². The van der Waals surface area contributed by atoms with Crippen LogP contribution in [-0.2, 0) is 11.0 Å². The van der Waals surface area contributed by atoms with Crippen LogP contribution in [-0.4, -0.2) is 59.3 Å². The summed E-state index contributed by atoms with van der Waals surface area (Å²) in [6, 6.07) is 7.56. The molecule has 1 fully saturated rings. The monoisotopic (exact) mass is 463 g/mol. The van der Waals surface area contributed by atoms with Gasteiger partial charge < -0.3 is 21.1 Å². The van der Waals surface area contributed by atoms with E-state index in [1.165, 1.54) is 30.5 Å². The summed E-state index contributed by atoms with van der Waals surface area (Å²) in [4.78, 5) is 33.9. The molecule has 2 heterocycles. The predicted molar refractivity (Wildman–Crippen MR) is 117 cm³/mol. The topological polar surface area (TPSA) is 121 Å². The number of rotatable bonds is 6. The van der Waals surface area contributed by atoms with Crippen LogP contribution in [0.2, 0.25) is 0 Å². The summed E-state index contributed by atoms with van der Waals surface area (Å²) in [5, 5.41) is 11.8. The Morgan fingerprint density at radius 1 is 1.30 bits per heavy atom. The number of pyridine rings is 1. The summed E-state index contributed by atoms with van der Waals surface area (Å²) in [5.74, 6) is -0.899. The molecule has 0 spiro atoms. The van der Waals surface area contributed by atoms with Crippen molar-refractivity contribution in [2.24, 2.45) is 10.9 Å². The van der Waals surface area contributed by atoms with E-state index in [1.807, 2.05) is 0 Å². The van der Waals surface area contributed by atoms with Gasteiger partial charge >= 0.3 is 6.18 Å². The molecular formula is C22H24F3N5O3. The quantitative estimate of drug-likeness (QED) is 0.449. The maximum absolute atomic E-state index is 12.8. The molecule has 2 amide bonds. The molecule has 11 heteroatoms. The highest BCUT2D eigenvalue weighted by Crippen LogP contribution is 2.27. The Morgan fingerprint density at radius 2 is 2.09 bits per heavy atom. The first-order valence-corrected chi connectivity index (χ1v) is 10.3. The third-order valence-corrected chi connectivity index (χ3v) is 5.20. The number of aliphatic hydroxyl groups excluding tert-OH is 1. The van der Waals surface area contributed by atoms with E-state index in [1.54, 1.807) is 4.90 Å². The van der Waals surface area contributed by atoms with Gasteiger partial charge in [-0.05, 0) is 49.1 Å². The molecule has 1 aliphatic heterocycles. The van der Waals surface area contributed by atoms with Gasteiger partial charge in [-0.1, -0.05) is 6.07 Å². The predicted octanol–water partition coefficient (Wildman–Crippen LogP) is 2.58. The number of benzene rings is 1. The highest BCUT2D eigenvalue weighted by molar-refractivity contribution is 6.03. The van der Waals surface area contributed by atoms with Gasteiger partial charge in [0.25, 0.3) is 5.91 Å². The largest absolute Gasteiger partial charge is 0.433 e. The van der Waals surface area contributed by atoms with Crippen molar-refractivity contribution in [3.63, 3.8) is 0 Å². The van der Waals surface area contributed by atoms with Crippen molar-refractivity contribution in [2.75, 3.05) is 37.3 Å². The molecule has 0 aliphatic carbocycles. The number of nitrogens with one attached hydrogen (secondary N) is 1. The molecule has 3 rings (SSSR count). The Balaban J connectivity index is 1.65. The molecule has 8 nitrogen and oxygen atoms in total. The molecule has 1 aromatic carbocycles. The normalized spacial score (nSPS) is 16.7. The lowest BCUT2D eigenvalue weighted by molar-refractivity contribution is -0.141. The molecule has 0 unspecified atom stereocenters. The van der Waals surface area contributed by atoms with E-state index < -0.39 is 17.8 Å². The number of aliphatic hydroxyl groups is 1. The molecule has 1 aliphatic rings. The molecule has 1 saturated heterocycles. The van der Waals surface area contributed by atoms with Gasteiger partial charge in [0.15, 0.2) is 0 Å². The zero-order valence-corrected chi connectivity index (χ0v) is 17.7. The lowest BCUT2D eigenvalue weighted by Gasteiger charge is -2.31. The average molecular weight is 463 g/mol. The smallest absolute Gasteiger partial charge is 0.398 e.